The van der Waals surface area contributed by atoms with Crippen LogP contribution in [0.2, 0.25) is 0 Å². The maximum atomic E-state index is 14.5. The Morgan fingerprint density at radius 1 is 0.440 bits per heavy atom. The van der Waals surface area contributed by atoms with E-state index in [9.17, 15) is 9.90 Å². The van der Waals surface area contributed by atoms with Gasteiger partial charge in [-0.1, -0.05) is 285 Å². The van der Waals surface area contributed by atoms with Crippen LogP contribution in [-0.4, -0.2) is 68.4 Å². The maximum Gasteiger partial charge on any atom is 0.306 e. The quantitative estimate of drug-likeness (QED) is 0.0409. The zero-order valence-electron chi connectivity index (χ0n) is 73.8. The summed E-state index contributed by atoms with van der Waals surface area (Å²) in [5, 5.41) is 15.7. The number of nitrogens with zero attached hydrogens (tertiary/aromatic N) is 3. The van der Waals surface area contributed by atoms with Crippen LogP contribution in [0.5, 0.6) is 34.5 Å². The number of fused-ring (bicyclic) bond motifs is 5. The molecular weight excluding hydrogens is 1440 g/mol. The SMILES string of the molecule is CCCCCCCCCCCCOc1ccc(COc2cc(COC(=O)CCC3C4=C5CC(O)=C6C5=NC(=C6C)C=C5N=C(C=C6N=C(C=C(N4)[C@H]3C)C(C)=C6COC)C(C)=C5CC)cc(OCc3ccc(OCCCCCCCCCCCC)c(OCCCCCCCCCCCC)c3)c2)cc1OCCCCCCCCCCCC. The van der Waals surface area contributed by atoms with Crippen LogP contribution in [0, 0.1) is 11.8 Å². The molecule has 0 amide bonds. The molecule has 8 bridgehead atoms. The number of unbranched alkanes of at least 4 members (excludes halogenated alkanes) is 36. The van der Waals surface area contributed by atoms with Gasteiger partial charge < -0.3 is 48.3 Å². The summed E-state index contributed by atoms with van der Waals surface area (Å²) in [5.41, 5.74) is 16.5. The molecule has 5 aliphatic heterocycles. The summed E-state index contributed by atoms with van der Waals surface area (Å²) in [6.45, 7) is 23.3. The number of methoxy groups -OCH3 is 1. The number of aliphatic hydroxyl groups is 1. The lowest BCUT2D eigenvalue weighted by Gasteiger charge is -2.18. The average molecular weight is 1590 g/mol. The van der Waals surface area contributed by atoms with Gasteiger partial charge in [-0.3, -0.25) is 4.79 Å². The number of aliphatic imine (C=N–C) groups is 3. The molecule has 0 aromatic heterocycles. The number of hydrogen-bond donors (Lipinski definition) is 2. The van der Waals surface area contributed by atoms with Crippen molar-refractivity contribution in [3.05, 3.63) is 163 Å². The summed E-state index contributed by atoms with van der Waals surface area (Å²) in [6, 6.07) is 18.3. The Morgan fingerprint density at radius 2 is 0.853 bits per heavy atom. The molecule has 1 saturated heterocycles. The summed E-state index contributed by atoms with van der Waals surface area (Å²) in [6.07, 6.45) is 58.7. The minimum atomic E-state index is -0.324. The lowest BCUT2D eigenvalue weighted by Crippen LogP contribution is -2.16. The van der Waals surface area contributed by atoms with E-state index in [1.165, 1.54) is 205 Å². The van der Waals surface area contributed by atoms with Crippen LogP contribution in [0.25, 0.3) is 0 Å². The van der Waals surface area contributed by atoms with Crippen molar-refractivity contribution in [2.75, 3.05) is 40.1 Å². The van der Waals surface area contributed by atoms with E-state index in [0.717, 1.165) is 182 Å². The highest BCUT2D eigenvalue weighted by molar-refractivity contribution is 6.21. The number of hydrogen-bond acceptors (Lipinski definition) is 14. The minimum Gasteiger partial charge on any atom is -0.511 e. The van der Waals surface area contributed by atoms with Crippen LogP contribution < -0.4 is 33.7 Å². The topological polar surface area (TPSA) is 160 Å². The van der Waals surface area contributed by atoms with Gasteiger partial charge in [-0.15, -0.1) is 0 Å². The Labute approximate surface area is 701 Å². The van der Waals surface area contributed by atoms with E-state index in [-0.39, 0.29) is 44.0 Å². The zero-order chi connectivity index (χ0) is 81.9. The number of carbonyl (C=O) groups is 1. The van der Waals surface area contributed by atoms with Crippen molar-refractivity contribution in [3.63, 3.8) is 0 Å². The second-order valence-corrected chi connectivity index (χ2v) is 33.8. The maximum absolute atomic E-state index is 14.5. The molecule has 0 spiro atoms. The second-order valence-electron chi connectivity index (χ2n) is 33.8. The van der Waals surface area contributed by atoms with Gasteiger partial charge in [0.1, 0.15) is 37.1 Å². The number of nitrogens with one attached hydrogen (secondary N) is 1. The first-order valence-corrected chi connectivity index (χ1v) is 46.6. The van der Waals surface area contributed by atoms with Crippen molar-refractivity contribution in [2.24, 2.45) is 26.8 Å². The highest BCUT2D eigenvalue weighted by atomic mass is 16.5. The fraction of sp³-hybridized carbons (Fsp3) is 0.627. The Balaban J connectivity index is 0.927. The van der Waals surface area contributed by atoms with E-state index in [1.54, 1.807) is 7.11 Å². The molecule has 2 atom stereocenters. The highest BCUT2D eigenvalue weighted by Gasteiger charge is 2.42. The first kappa shape index (κ1) is 92.3. The fourth-order valence-corrected chi connectivity index (χ4v) is 17.0. The molecule has 3 aromatic carbocycles. The molecule has 6 aliphatic rings. The van der Waals surface area contributed by atoms with Crippen LogP contribution in [0.3, 0.4) is 0 Å². The van der Waals surface area contributed by atoms with Crippen molar-refractivity contribution < 1.29 is 47.8 Å². The van der Waals surface area contributed by atoms with Crippen LogP contribution in [0.4, 0.5) is 0 Å². The Hall–Kier alpha value is -7.58. The molecule has 3 aromatic rings. The van der Waals surface area contributed by atoms with E-state index < -0.39 is 0 Å². The number of carbonyl (C=O) groups excluding carboxylic acids is 1. The van der Waals surface area contributed by atoms with E-state index in [2.05, 4.69) is 103 Å². The van der Waals surface area contributed by atoms with Crippen LogP contribution in [0.15, 0.2) is 161 Å². The van der Waals surface area contributed by atoms with E-state index in [0.29, 0.717) is 63.1 Å². The molecule has 0 radical (unpaired) electrons. The molecule has 2 N–H and O–H groups in total. The lowest BCUT2D eigenvalue weighted by molar-refractivity contribution is -0.145. The van der Waals surface area contributed by atoms with Crippen molar-refractivity contribution in [2.45, 2.75) is 365 Å². The smallest absolute Gasteiger partial charge is 0.306 e. The number of ether oxygens (including phenoxy) is 8. The standard InChI is InChI=1S/C102H150N4O10/c1-11-16-20-24-28-32-36-40-44-48-58-110-95-55-52-79(64-97(95)112-60-50-46-42-38-34-30-26-22-18-13-3)71-114-82-62-81(63-83(66-82)115-72-80-53-56-96(111-59-49-45-41-37-33-29-25-21-17-12-2)98(65-80)113-61-51-47-43-39-35-31-27-23-19-14-4)73-116-99(108)57-54-85-76(7)90-68-88-77(8)87(74-109-10)93(104-88)69-89-75(6)84(15-5)92(103-89)70-91-78(9)100-94(107)67-86(101(85)105-90)102(100)106-91/h52-53,55-56,62-66,68-70,76,85,105,107H,11-51,54,57-61,67,71-74H2,1-10H3/t76-,85?/m0/s1. The predicted molar refractivity (Wildman–Crippen MR) is 480 cm³/mol. The van der Waals surface area contributed by atoms with Gasteiger partial charge in [0.25, 0.3) is 0 Å². The van der Waals surface area contributed by atoms with E-state index in [1.807, 2.05) is 37.3 Å². The summed E-state index contributed by atoms with van der Waals surface area (Å²) in [7, 11) is 1.72. The van der Waals surface area contributed by atoms with Crippen LogP contribution >= 0.6 is 0 Å². The number of esters is 1. The molecule has 14 heteroatoms. The van der Waals surface area contributed by atoms with Crippen LogP contribution in [-0.2, 0) is 34.1 Å². The first-order valence-electron chi connectivity index (χ1n) is 46.6. The predicted octanol–water partition coefficient (Wildman–Crippen LogP) is 28.2. The number of benzene rings is 3. The molecule has 1 unspecified atom stereocenters. The Morgan fingerprint density at radius 3 is 1.29 bits per heavy atom. The van der Waals surface area contributed by atoms with Crippen molar-refractivity contribution in [1.82, 2.24) is 5.32 Å². The monoisotopic (exact) mass is 1590 g/mol. The van der Waals surface area contributed by atoms with Gasteiger partial charge in [0.2, 0.25) is 0 Å². The largest absolute Gasteiger partial charge is 0.511 e. The molecule has 638 valence electrons. The summed E-state index contributed by atoms with van der Waals surface area (Å²) >= 11 is 0. The van der Waals surface area contributed by atoms with Crippen molar-refractivity contribution in [1.29, 1.82) is 0 Å². The third-order valence-corrected chi connectivity index (χ3v) is 24.3. The number of aliphatic hydroxyl groups excluding tert-OH is 1. The van der Waals surface area contributed by atoms with Gasteiger partial charge in [-0.25, -0.2) is 15.0 Å². The summed E-state index contributed by atoms with van der Waals surface area (Å²) in [5.74, 6) is 3.99. The van der Waals surface area contributed by atoms with Gasteiger partial charge >= 0.3 is 5.97 Å². The molecule has 1 aliphatic carbocycles. The normalized spacial score (nSPS) is 16.3. The van der Waals surface area contributed by atoms with Crippen molar-refractivity contribution in [3.8, 4) is 34.5 Å². The number of allylic oxidation sites excluding steroid dienone is 11. The summed E-state index contributed by atoms with van der Waals surface area (Å²) < 4.78 is 52.0. The summed E-state index contributed by atoms with van der Waals surface area (Å²) in [4.78, 5) is 30.3. The first-order chi connectivity index (χ1) is 56.8. The minimum absolute atomic E-state index is 0.000190. The van der Waals surface area contributed by atoms with Gasteiger partial charge in [0.05, 0.1) is 67.3 Å². The van der Waals surface area contributed by atoms with Gasteiger partial charge in [0, 0.05) is 66.0 Å². The molecule has 116 heavy (non-hydrogen) atoms. The second kappa shape index (κ2) is 52.4. The zero-order valence-corrected chi connectivity index (χ0v) is 73.8. The molecule has 0 saturated carbocycles. The molecule has 5 heterocycles. The molecule has 1 fully saturated rings. The third-order valence-electron chi connectivity index (χ3n) is 24.3. The van der Waals surface area contributed by atoms with Gasteiger partial charge in [0.15, 0.2) is 23.0 Å². The molecule has 9 rings (SSSR count). The molecule has 14 nitrogen and oxygen atoms in total. The fourth-order valence-electron chi connectivity index (χ4n) is 17.0. The van der Waals surface area contributed by atoms with Crippen molar-refractivity contribution >= 4 is 23.1 Å². The van der Waals surface area contributed by atoms with Gasteiger partial charge in [-0.05, 0) is 153 Å². The number of rotatable bonds is 62. The lowest BCUT2D eigenvalue weighted by atomic mass is 9.86. The molecular formula is C102H150N4O10. The van der Waals surface area contributed by atoms with E-state index in [4.69, 9.17) is 52.9 Å². The third kappa shape index (κ3) is 29.7. The van der Waals surface area contributed by atoms with Gasteiger partial charge in [-0.2, -0.15) is 0 Å². The van der Waals surface area contributed by atoms with Crippen LogP contribution in [0.1, 0.15) is 362 Å². The van der Waals surface area contributed by atoms with E-state index >= 15 is 0 Å². The Kier molecular flexibility index (Phi) is 41.7. The average Bonchev–Trinajstić information content (AvgIpc) is 1.58. The Bertz CT molecular complexity index is 3810. The highest BCUT2D eigenvalue weighted by Crippen LogP contribution is 2.47.